The summed E-state index contributed by atoms with van der Waals surface area (Å²) in [6, 6.07) is 7.05. The molecule has 108 valence electrons. The molecule has 2 rings (SSSR count). The molecule has 2 aromatic rings. The van der Waals surface area contributed by atoms with E-state index in [1.807, 2.05) is 24.3 Å². The summed E-state index contributed by atoms with van der Waals surface area (Å²) in [5.41, 5.74) is 6.46. The summed E-state index contributed by atoms with van der Waals surface area (Å²) in [4.78, 5) is -0.0102. The molecule has 1 aromatic carbocycles. The first-order valence-electron chi connectivity index (χ1n) is 5.86. The molecule has 0 aliphatic carbocycles. The maximum Gasteiger partial charge on any atom is 0.246 e. The molecule has 0 spiro atoms. The first kappa shape index (κ1) is 15.0. The molecule has 0 radical (unpaired) electrons. The van der Waals surface area contributed by atoms with Crippen LogP contribution in [-0.2, 0) is 17.1 Å². The predicted octanol–water partition coefficient (Wildman–Crippen LogP) is 1.80. The van der Waals surface area contributed by atoms with Crippen LogP contribution < -0.4 is 10.5 Å². The smallest absolute Gasteiger partial charge is 0.246 e. The third kappa shape index (κ3) is 3.20. The Bertz CT molecular complexity index is 710. The maximum atomic E-state index is 12.3. The molecule has 0 aliphatic rings. The number of hydrogen-bond acceptors (Lipinski definition) is 4. The van der Waals surface area contributed by atoms with Gasteiger partial charge in [0.2, 0.25) is 10.0 Å². The number of anilines is 1. The van der Waals surface area contributed by atoms with E-state index in [2.05, 4.69) is 25.8 Å². The summed E-state index contributed by atoms with van der Waals surface area (Å²) in [5, 5.41) is 3.84. The highest BCUT2D eigenvalue weighted by atomic mass is 79.9. The summed E-state index contributed by atoms with van der Waals surface area (Å²) in [6.07, 6.45) is 1.38. The van der Waals surface area contributed by atoms with Crippen LogP contribution in [0, 0.1) is 0 Å². The fourth-order valence-corrected chi connectivity index (χ4v) is 3.41. The first-order valence-corrected chi connectivity index (χ1v) is 8.14. The molecule has 1 atom stereocenters. The van der Waals surface area contributed by atoms with Crippen molar-refractivity contribution in [3.8, 4) is 0 Å². The summed E-state index contributed by atoms with van der Waals surface area (Å²) in [6.45, 7) is 1.77. The zero-order valence-electron chi connectivity index (χ0n) is 11.0. The minimum absolute atomic E-state index is 0.0102. The van der Waals surface area contributed by atoms with Crippen LogP contribution in [0.5, 0.6) is 0 Å². The normalized spacial score (nSPS) is 13.3. The molecule has 0 bridgehead atoms. The number of benzene rings is 1. The van der Waals surface area contributed by atoms with Crippen LogP contribution in [0.3, 0.4) is 0 Å². The number of nitrogen functional groups attached to an aromatic ring is 1. The van der Waals surface area contributed by atoms with Gasteiger partial charge >= 0.3 is 0 Å². The van der Waals surface area contributed by atoms with Gasteiger partial charge < -0.3 is 5.73 Å². The lowest BCUT2D eigenvalue weighted by molar-refractivity contribution is 0.567. The van der Waals surface area contributed by atoms with Crippen LogP contribution in [0.25, 0.3) is 0 Å². The number of nitrogens with zero attached hydrogens (tertiary/aromatic N) is 2. The molecule has 20 heavy (non-hydrogen) atoms. The quantitative estimate of drug-likeness (QED) is 0.871. The molecule has 0 fully saturated rings. The fraction of sp³-hybridized carbons (Fsp3) is 0.250. The average molecular weight is 359 g/mol. The van der Waals surface area contributed by atoms with E-state index < -0.39 is 10.0 Å². The molecule has 0 unspecified atom stereocenters. The highest BCUT2D eigenvalue weighted by molar-refractivity contribution is 9.10. The monoisotopic (exact) mass is 358 g/mol. The summed E-state index contributed by atoms with van der Waals surface area (Å²) in [7, 11) is -2.08. The van der Waals surface area contributed by atoms with E-state index >= 15 is 0 Å². The number of sulfonamides is 1. The minimum Gasteiger partial charge on any atom is -0.381 e. The predicted molar refractivity (Wildman–Crippen MR) is 80.5 cm³/mol. The van der Waals surface area contributed by atoms with Crippen molar-refractivity contribution in [3.63, 3.8) is 0 Å². The SMILES string of the molecule is C[C@H](NS(=O)(=O)c1cn(C)nc1N)c1ccc(Br)cc1. The van der Waals surface area contributed by atoms with Crippen LogP contribution in [0.15, 0.2) is 39.8 Å². The van der Waals surface area contributed by atoms with Crippen molar-refractivity contribution in [2.75, 3.05) is 5.73 Å². The van der Waals surface area contributed by atoms with E-state index in [4.69, 9.17) is 5.73 Å². The molecule has 8 heteroatoms. The fourth-order valence-electron chi connectivity index (χ4n) is 1.81. The molecule has 1 aromatic heterocycles. The second-order valence-electron chi connectivity index (χ2n) is 4.45. The van der Waals surface area contributed by atoms with Gasteiger partial charge in [0.1, 0.15) is 4.90 Å². The van der Waals surface area contributed by atoms with Gasteiger partial charge in [-0.25, -0.2) is 13.1 Å². The minimum atomic E-state index is -3.70. The van der Waals surface area contributed by atoms with E-state index in [1.54, 1.807) is 14.0 Å². The van der Waals surface area contributed by atoms with Gasteiger partial charge in [-0.1, -0.05) is 28.1 Å². The Morgan fingerprint density at radius 1 is 1.35 bits per heavy atom. The van der Waals surface area contributed by atoms with Crippen LogP contribution in [-0.4, -0.2) is 18.2 Å². The van der Waals surface area contributed by atoms with Crippen LogP contribution in [0.2, 0.25) is 0 Å². The largest absolute Gasteiger partial charge is 0.381 e. The molecule has 6 nitrogen and oxygen atoms in total. The Kier molecular flexibility index (Phi) is 4.17. The lowest BCUT2D eigenvalue weighted by atomic mass is 10.1. The van der Waals surface area contributed by atoms with Gasteiger partial charge in [-0.15, -0.1) is 0 Å². The van der Waals surface area contributed by atoms with Crippen molar-refractivity contribution in [1.29, 1.82) is 0 Å². The standard InChI is InChI=1S/C12H15BrN4O2S/c1-8(9-3-5-10(13)6-4-9)16-20(18,19)11-7-17(2)15-12(11)14/h3-8,16H,1-2H3,(H2,14,15)/t8-/m0/s1. The molecular formula is C12H15BrN4O2S. The van der Waals surface area contributed by atoms with E-state index in [1.165, 1.54) is 10.9 Å². The Morgan fingerprint density at radius 3 is 2.45 bits per heavy atom. The van der Waals surface area contributed by atoms with E-state index in [0.29, 0.717) is 0 Å². The Hall–Kier alpha value is -1.38. The topological polar surface area (TPSA) is 90.0 Å². The van der Waals surface area contributed by atoms with Gasteiger partial charge in [-0.3, -0.25) is 4.68 Å². The zero-order chi connectivity index (χ0) is 14.9. The summed E-state index contributed by atoms with van der Waals surface area (Å²) < 4.78 is 29.4. The molecule has 0 amide bonds. The summed E-state index contributed by atoms with van der Waals surface area (Å²) in [5.74, 6) is -0.0111. The highest BCUT2D eigenvalue weighted by Crippen LogP contribution is 2.21. The molecule has 0 aliphatic heterocycles. The number of nitrogens with two attached hydrogens (primary N) is 1. The van der Waals surface area contributed by atoms with E-state index in [9.17, 15) is 8.42 Å². The van der Waals surface area contributed by atoms with Gasteiger partial charge in [0.15, 0.2) is 5.82 Å². The number of halogens is 1. The van der Waals surface area contributed by atoms with Crippen molar-refractivity contribution in [2.24, 2.45) is 7.05 Å². The number of aryl methyl sites for hydroxylation is 1. The number of nitrogens with one attached hydrogen (secondary N) is 1. The highest BCUT2D eigenvalue weighted by Gasteiger charge is 2.23. The Labute approximate surface area is 126 Å². The van der Waals surface area contributed by atoms with Crippen molar-refractivity contribution in [3.05, 3.63) is 40.5 Å². The molecule has 3 N–H and O–H groups in total. The van der Waals surface area contributed by atoms with Crippen LogP contribution in [0.1, 0.15) is 18.5 Å². The van der Waals surface area contributed by atoms with Crippen LogP contribution >= 0.6 is 15.9 Å². The lowest BCUT2D eigenvalue weighted by Gasteiger charge is -2.14. The van der Waals surface area contributed by atoms with Gasteiger partial charge in [-0.05, 0) is 24.6 Å². The number of aromatic nitrogens is 2. The van der Waals surface area contributed by atoms with Crippen molar-refractivity contribution in [1.82, 2.24) is 14.5 Å². The molecular weight excluding hydrogens is 344 g/mol. The van der Waals surface area contributed by atoms with Gasteiger partial charge in [-0.2, -0.15) is 5.10 Å². The second-order valence-corrected chi connectivity index (χ2v) is 7.04. The number of rotatable bonds is 4. The van der Waals surface area contributed by atoms with Crippen molar-refractivity contribution < 1.29 is 8.42 Å². The third-order valence-corrected chi connectivity index (χ3v) is 4.90. The number of hydrogen-bond donors (Lipinski definition) is 2. The van der Waals surface area contributed by atoms with Crippen molar-refractivity contribution >= 4 is 31.8 Å². The Balaban J connectivity index is 2.24. The third-order valence-electron chi connectivity index (χ3n) is 2.81. The Morgan fingerprint density at radius 2 is 1.95 bits per heavy atom. The molecule has 0 saturated carbocycles. The lowest BCUT2D eigenvalue weighted by Crippen LogP contribution is -2.27. The zero-order valence-corrected chi connectivity index (χ0v) is 13.4. The summed E-state index contributed by atoms with van der Waals surface area (Å²) >= 11 is 3.34. The van der Waals surface area contributed by atoms with Gasteiger partial charge in [0, 0.05) is 23.8 Å². The molecule has 1 heterocycles. The maximum absolute atomic E-state index is 12.3. The second kappa shape index (κ2) is 5.55. The van der Waals surface area contributed by atoms with E-state index in [0.717, 1.165) is 10.0 Å². The first-order chi connectivity index (χ1) is 9.29. The average Bonchev–Trinajstić information content (AvgIpc) is 2.69. The van der Waals surface area contributed by atoms with Gasteiger partial charge in [0.05, 0.1) is 0 Å². The molecule has 0 saturated heterocycles. The van der Waals surface area contributed by atoms with Gasteiger partial charge in [0.25, 0.3) is 0 Å². The van der Waals surface area contributed by atoms with E-state index in [-0.39, 0.29) is 16.8 Å². The van der Waals surface area contributed by atoms with Crippen molar-refractivity contribution in [2.45, 2.75) is 17.9 Å². The van der Waals surface area contributed by atoms with Crippen LogP contribution in [0.4, 0.5) is 5.82 Å².